The van der Waals surface area contributed by atoms with Gasteiger partial charge in [-0.25, -0.2) is 0 Å². The second-order valence-electron chi connectivity index (χ2n) is 7.10. The Morgan fingerprint density at radius 1 is 0.909 bits per heavy atom. The standard InChI is InChI=1S/C25H25N5O3/c1-33-20-10-6-5-9-19(20)25(32)29-15-16-11-13-17(14-12-16)22(26)21(24(28)31)23(27)30-18-7-3-2-4-8-18/h2-14,26,30H,15,27H2,1H3,(H2,28,31)(H,29,32)/b23-21+,26-22?. The summed E-state index contributed by atoms with van der Waals surface area (Å²) < 4.78 is 5.22. The Morgan fingerprint density at radius 3 is 2.18 bits per heavy atom. The second kappa shape index (κ2) is 10.6. The Labute approximate surface area is 191 Å². The summed E-state index contributed by atoms with van der Waals surface area (Å²) in [6.07, 6.45) is 0. The van der Waals surface area contributed by atoms with Crippen LogP contribution in [0.25, 0.3) is 0 Å². The summed E-state index contributed by atoms with van der Waals surface area (Å²) in [5, 5.41) is 14.2. The summed E-state index contributed by atoms with van der Waals surface area (Å²) in [6, 6.07) is 22.9. The summed E-state index contributed by atoms with van der Waals surface area (Å²) in [4.78, 5) is 24.5. The predicted octanol–water partition coefficient (Wildman–Crippen LogP) is 2.76. The number of carbonyl (C=O) groups excluding carboxylic acids is 2. The zero-order chi connectivity index (χ0) is 23.8. The number of carbonyl (C=O) groups is 2. The largest absolute Gasteiger partial charge is 0.496 e. The van der Waals surface area contributed by atoms with Crippen LogP contribution in [0.5, 0.6) is 5.75 Å². The molecule has 0 saturated carbocycles. The number of amides is 2. The number of benzene rings is 3. The topological polar surface area (TPSA) is 143 Å². The van der Waals surface area contributed by atoms with Gasteiger partial charge in [-0.05, 0) is 29.8 Å². The van der Waals surface area contributed by atoms with Crippen LogP contribution in [0.4, 0.5) is 5.69 Å². The van der Waals surface area contributed by atoms with E-state index in [0.29, 0.717) is 22.6 Å². The zero-order valence-electron chi connectivity index (χ0n) is 18.1. The smallest absolute Gasteiger partial charge is 0.255 e. The van der Waals surface area contributed by atoms with Crippen molar-refractivity contribution in [3.63, 3.8) is 0 Å². The van der Waals surface area contributed by atoms with E-state index < -0.39 is 5.91 Å². The maximum atomic E-state index is 12.5. The third-order valence-corrected chi connectivity index (χ3v) is 4.87. The van der Waals surface area contributed by atoms with Crippen molar-refractivity contribution < 1.29 is 14.3 Å². The van der Waals surface area contributed by atoms with Crippen molar-refractivity contribution in [2.45, 2.75) is 6.54 Å². The van der Waals surface area contributed by atoms with Crippen LogP contribution in [0.3, 0.4) is 0 Å². The first kappa shape index (κ1) is 23.1. The van der Waals surface area contributed by atoms with Crippen LogP contribution in [-0.4, -0.2) is 24.6 Å². The van der Waals surface area contributed by atoms with Gasteiger partial charge in [0.1, 0.15) is 17.1 Å². The molecule has 0 atom stereocenters. The number of para-hydroxylation sites is 2. The van der Waals surface area contributed by atoms with E-state index in [9.17, 15) is 9.59 Å². The summed E-state index contributed by atoms with van der Waals surface area (Å²) in [7, 11) is 1.51. The highest BCUT2D eigenvalue weighted by molar-refractivity contribution is 6.27. The minimum absolute atomic E-state index is 0.00755. The van der Waals surface area contributed by atoms with Crippen LogP contribution >= 0.6 is 0 Å². The number of ether oxygens (including phenoxy) is 1. The van der Waals surface area contributed by atoms with Gasteiger partial charge in [-0.1, -0.05) is 54.6 Å². The second-order valence-corrected chi connectivity index (χ2v) is 7.10. The van der Waals surface area contributed by atoms with Crippen LogP contribution in [0.1, 0.15) is 21.5 Å². The molecule has 0 radical (unpaired) electrons. The van der Waals surface area contributed by atoms with E-state index in [0.717, 1.165) is 5.56 Å². The van der Waals surface area contributed by atoms with E-state index >= 15 is 0 Å². The highest BCUT2D eigenvalue weighted by Crippen LogP contribution is 2.18. The lowest BCUT2D eigenvalue weighted by molar-refractivity contribution is -0.114. The minimum Gasteiger partial charge on any atom is -0.496 e. The van der Waals surface area contributed by atoms with E-state index in [1.54, 1.807) is 60.7 Å². The van der Waals surface area contributed by atoms with E-state index in [1.165, 1.54) is 7.11 Å². The number of hydrogen-bond acceptors (Lipinski definition) is 6. The number of anilines is 1. The average Bonchev–Trinajstić information content (AvgIpc) is 2.83. The van der Waals surface area contributed by atoms with E-state index in [4.69, 9.17) is 21.6 Å². The summed E-state index contributed by atoms with van der Waals surface area (Å²) in [5.41, 5.74) is 13.7. The number of primary amides is 1. The van der Waals surface area contributed by atoms with E-state index in [1.807, 2.05) is 18.2 Å². The molecule has 2 amide bonds. The quantitative estimate of drug-likeness (QED) is 0.255. The fraction of sp³-hybridized carbons (Fsp3) is 0.0800. The number of nitrogens with two attached hydrogens (primary N) is 2. The van der Waals surface area contributed by atoms with E-state index in [-0.39, 0.29) is 29.6 Å². The molecule has 0 heterocycles. The Balaban J connectivity index is 1.71. The Bertz CT molecular complexity index is 1190. The van der Waals surface area contributed by atoms with Gasteiger partial charge in [-0.3, -0.25) is 15.0 Å². The average molecular weight is 444 g/mol. The van der Waals surface area contributed by atoms with Gasteiger partial charge in [-0.2, -0.15) is 0 Å². The molecule has 8 nitrogen and oxygen atoms in total. The Morgan fingerprint density at radius 2 is 1.55 bits per heavy atom. The highest BCUT2D eigenvalue weighted by Gasteiger charge is 2.18. The lowest BCUT2D eigenvalue weighted by atomic mass is 10.0. The van der Waals surface area contributed by atoms with Crippen LogP contribution in [0.15, 0.2) is 90.3 Å². The van der Waals surface area contributed by atoms with Crippen molar-refractivity contribution in [3.05, 3.63) is 107 Å². The van der Waals surface area contributed by atoms with Crippen LogP contribution < -0.4 is 26.8 Å². The number of rotatable bonds is 9. The Hall–Kier alpha value is -4.59. The summed E-state index contributed by atoms with van der Waals surface area (Å²) in [5.74, 6) is -0.588. The number of hydrogen-bond donors (Lipinski definition) is 5. The van der Waals surface area contributed by atoms with Crippen LogP contribution in [0.2, 0.25) is 0 Å². The first-order chi connectivity index (χ1) is 15.9. The molecule has 3 aromatic rings. The molecular weight excluding hydrogens is 418 g/mol. The van der Waals surface area contributed by atoms with Crippen molar-refractivity contribution >= 4 is 23.2 Å². The minimum atomic E-state index is -0.811. The van der Waals surface area contributed by atoms with Gasteiger partial charge in [0.05, 0.1) is 18.4 Å². The van der Waals surface area contributed by atoms with Crippen molar-refractivity contribution in [1.29, 1.82) is 5.41 Å². The van der Waals surface area contributed by atoms with Crippen LogP contribution in [0, 0.1) is 5.41 Å². The van der Waals surface area contributed by atoms with Gasteiger partial charge in [0.15, 0.2) is 0 Å². The summed E-state index contributed by atoms with van der Waals surface area (Å²) in [6.45, 7) is 0.278. The molecule has 0 unspecified atom stereocenters. The summed E-state index contributed by atoms with van der Waals surface area (Å²) >= 11 is 0. The molecule has 7 N–H and O–H groups in total. The SMILES string of the molecule is COc1ccccc1C(=O)NCc1ccc(C(=N)/C(C(N)=O)=C(/N)Nc2ccccc2)cc1. The molecule has 0 fully saturated rings. The van der Waals surface area contributed by atoms with Gasteiger partial charge < -0.3 is 26.8 Å². The van der Waals surface area contributed by atoms with Crippen molar-refractivity contribution in [3.8, 4) is 5.75 Å². The van der Waals surface area contributed by atoms with Gasteiger partial charge in [0.25, 0.3) is 11.8 Å². The lowest BCUT2D eigenvalue weighted by Gasteiger charge is -2.13. The first-order valence-electron chi connectivity index (χ1n) is 10.1. The third-order valence-electron chi connectivity index (χ3n) is 4.87. The lowest BCUT2D eigenvalue weighted by Crippen LogP contribution is -2.28. The fourth-order valence-electron chi connectivity index (χ4n) is 3.17. The third kappa shape index (κ3) is 5.76. The molecule has 0 aliphatic heterocycles. The van der Waals surface area contributed by atoms with Gasteiger partial charge in [-0.15, -0.1) is 0 Å². The monoisotopic (exact) mass is 443 g/mol. The zero-order valence-corrected chi connectivity index (χ0v) is 18.1. The molecule has 3 aromatic carbocycles. The van der Waals surface area contributed by atoms with Crippen LogP contribution in [-0.2, 0) is 11.3 Å². The Kier molecular flexibility index (Phi) is 7.43. The molecular formula is C25H25N5O3. The molecule has 8 heteroatoms. The van der Waals surface area contributed by atoms with E-state index in [2.05, 4.69) is 10.6 Å². The molecule has 0 aliphatic carbocycles. The number of methoxy groups -OCH3 is 1. The molecule has 0 saturated heterocycles. The van der Waals surface area contributed by atoms with Gasteiger partial charge in [0, 0.05) is 17.8 Å². The normalized spacial score (nSPS) is 11.2. The van der Waals surface area contributed by atoms with Gasteiger partial charge >= 0.3 is 0 Å². The molecule has 168 valence electrons. The fourth-order valence-corrected chi connectivity index (χ4v) is 3.17. The number of nitrogens with one attached hydrogen (secondary N) is 3. The van der Waals surface area contributed by atoms with Crippen molar-refractivity contribution in [1.82, 2.24) is 5.32 Å². The van der Waals surface area contributed by atoms with Crippen molar-refractivity contribution in [2.75, 3.05) is 12.4 Å². The predicted molar refractivity (Wildman–Crippen MR) is 128 cm³/mol. The first-order valence-corrected chi connectivity index (χ1v) is 10.1. The highest BCUT2D eigenvalue weighted by atomic mass is 16.5. The maximum absolute atomic E-state index is 12.5. The van der Waals surface area contributed by atoms with Crippen molar-refractivity contribution in [2.24, 2.45) is 11.5 Å². The molecule has 0 spiro atoms. The molecule has 0 aromatic heterocycles. The molecule has 3 rings (SSSR count). The molecule has 33 heavy (non-hydrogen) atoms. The molecule has 0 aliphatic rings. The maximum Gasteiger partial charge on any atom is 0.255 e. The van der Waals surface area contributed by atoms with Gasteiger partial charge in [0.2, 0.25) is 0 Å². The molecule has 0 bridgehead atoms.